The summed E-state index contributed by atoms with van der Waals surface area (Å²) in [6.07, 6.45) is 84.1. The van der Waals surface area contributed by atoms with E-state index < -0.39 is 49.5 Å². The average Bonchev–Trinajstić information content (AvgIpc) is 0.909. The quantitative estimate of drug-likeness (QED) is 0.0195. The van der Waals surface area contributed by atoms with E-state index in [1.165, 1.54) is 283 Å². The highest BCUT2D eigenvalue weighted by molar-refractivity contribution is 5.76. The van der Waals surface area contributed by atoms with Gasteiger partial charge in [-0.25, -0.2) is 0 Å². The number of aliphatic hydroxyl groups is 5. The van der Waals surface area contributed by atoms with Gasteiger partial charge in [0.1, 0.15) is 24.4 Å². The van der Waals surface area contributed by atoms with Crippen LogP contribution in [-0.2, 0) is 23.8 Å². The van der Waals surface area contributed by atoms with E-state index in [0.717, 1.165) is 70.6 Å². The summed E-state index contributed by atoms with van der Waals surface area (Å²) >= 11 is 0. The third-order valence-corrected chi connectivity index (χ3v) is 18.6. The summed E-state index contributed by atoms with van der Waals surface area (Å²) in [6.45, 7) is 4.33. The topological polar surface area (TPSA) is 175 Å². The SMILES string of the molecule is CCCCCC/C=C\C/C=C\CCCCCCCC(=O)OCCCCCCCCCCCCCCCCC/C=C\C/C=C\CCCCCCCCCCCCCCCCCCCC(=O)NC(COC1OC(CO)C(O)C(O)C1O)C(O)/C=C/CCCCCCCCC. The fraction of sp³-hybridized carbons (Fsp3) is 0.852. The second-order valence-electron chi connectivity index (χ2n) is 27.4. The Morgan fingerprint density at radius 3 is 1.11 bits per heavy atom. The molecule has 1 heterocycles. The number of aliphatic hydroxyl groups excluding tert-OH is 5. The molecule has 538 valence electrons. The molecule has 0 aromatic rings. The van der Waals surface area contributed by atoms with Crippen LogP contribution in [0.1, 0.15) is 380 Å². The van der Waals surface area contributed by atoms with Crippen LogP contribution in [-0.4, -0.2) is 100 Å². The van der Waals surface area contributed by atoms with Gasteiger partial charge in [0.15, 0.2) is 6.29 Å². The summed E-state index contributed by atoms with van der Waals surface area (Å²) in [4.78, 5) is 25.1. The Kier molecular flexibility index (Phi) is 66.2. The molecule has 0 aromatic carbocycles. The average molecular weight is 1300 g/mol. The minimum Gasteiger partial charge on any atom is -0.466 e. The molecule has 1 aliphatic heterocycles. The number of allylic oxidation sites excluding steroid dienone is 9. The van der Waals surface area contributed by atoms with Gasteiger partial charge >= 0.3 is 5.97 Å². The van der Waals surface area contributed by atoms with Crippen LogP contribution < -0.4 is 5.32 Å². The standard InChI is InChI=1S/C81H149NO10/c1-3-5-7-9-11-13-14-15-16-43-46-49-53-57-61-65-69-77(86)90-70-66-62-58-54-50-47-44-41-39-37-35-33-31-29-27-25-23-21-19-17-18-20-22-24-26-28-30-32-34-36-38-40-42-45-48-52-56-60-64-68-76(85)82-73(74(84)67-63-59-55-51-12-10-8-6-4-2)72-91-81-80(89)79(88)78(87)75(71-83)92-81/h13-14,16-18,21,23,43,63,67,73-75,78-81,83-84,87-89H,3-12,15,19-20,22,24-42,44-62,64-66,68-72H2,1-2H3,(H,82,85)/b14-13-,18-17-,23-21-,43-16-,67-63+. The second-order valence-corrected chi connectivity index (χ2v) is 27.4. The summed E-state index contributed by atoms with van der Waals surface area (Å²) in [7, 11) is 0. The summed E-state index contributed by atoms with van der Waals surface area (Å²) in [5.74, 6) is -0.178. The van der Waals surface area contributed by atoms with E-state index in [1.54, 1.807) is 6.08 Å². The first-order valence-corrected chi connectivity index (χ1v) is 39.6. The van der Waals surface area contributed by atoms with Crippen molar-refractivity contribution in [2.45, 2.75) is 423 Å². The molecule has 1 amide bonds. The Hall–Kier alpha value is -2.64. The number of carbonyl (C=O) groups excluding carboxylic acids is 2. The Morgan fingerprint density at radius 2 is 0.728 bits per heavy atom. The Labute approximate surface area is 567 Å². The molecular formula is C81H149NO10. The van der Waals surface area contributed by atoms with Crippen LogP contribution in [0.3, 0.4) is 0 Å². The van der Waals surface area contributed by atoms with E-state index in [0.29, 0.717) is 19.4 Å². The lowest BCUT2D eigenvalue weighted by atomic mass is 9.99. The van der Waals surface area contributed by atoms with Gasteiger partial charge in [0.2, 0.25) is 5.91 Å². The molecular weight excluding hydrogens is 1150 g/mol. The van der Waals surface area contributed by atoms with Gasteiger partial charge in [0.05, 0.1) is 32.0 Å². The minimum atomic E-state index is -1.57. The Balaban J connectivity index is 1.86. The zero-order chi connectivity index (χ0) is 66.5. The largest absolute Gasteiger partial charge is 0.466 e. The maximum absolute atomic E-state index is 13.0. The van der Waals surface area contributed by atoms with E-state index in [2.05, 4.69) is 67.8 Å². The van der Waals surface area contributed by atoms with Crippen LogP contribution in [0.4, 0.5) is 0 Å². The van der Waals surface area contributed by atoms with Crippen molar-refractivity contribution in [3.05, 3.63) is 60.8 Å². The van der Waals surface area contributed by atoms with Gasteiger partial charge in [-0.05, 0) is 96.3 Å². The Bertz CT molecular complexity index is 1710. The molecule has 0 bridgehead atoms. The normalized spacial score (nSPS) is 17.8. The van der Waals surface area contributed by atoms with Crippen molar-refractivity contribution in [3.8, 4) is 0 Å². The van der Waals surface area contributed by atoms with E-state index in [4.69, 9.17) is 14.2 Å². The van der Waals surface area contributed by atoms with Crippen molar-refractivity contribution < 1.29 is 49.3 Å². The number of amides is 1. The molecule has 1 fully saturated rings. The first-order chi connectivity index (χ1) is 45.2. The third kappa shape index (κ3) is 57.6. The van der Waals surface area contributed by atoms with Crippen LogP contribution in [0.25, 0.3) is 0 Å². The number of hydrogen-bond acceptors (Lipinski definition) is 10. The van der Waals surface area contributed by atoms with Crippen molar-refractivity contribution in [1.82, 2.24) is 5.32 Å². The maximum atomic E-state index is 13.0. The zero-order valence-corrected chi connectivity index (χ0v) is 60.0. The van der Waals surface area contributed by atoms with E-state index in [-0.39, 0.29) is 18.5 Å². The number of nitrogens with one attached hydrogen (secondary N) is 1. The fourth-order valence-electron chi connectivity index (χ4n) is 12.4. The predicted octanol–water partition coefficient (Wildman–Crippen LogP) is 21.2. The lowest BCUT2D eigenvalue weighted by Gasteiger charge is -2.40. The van der Waals surface area contributed by atoms with Gasteiger partial charge in [0.25, 0.3) is 0 Å². The van der Waals surface area contributed by atoms with E-state index in [1.807, 2.05) is 6.08 Å². The van der Waals surface area contributed by atoms with E-state index >= 15 is 0 Å². The van der Waals surface area contributed by atoms with Crippen LogP contribution in [0.15, 0.2) is 60.8 Å². The van der Waals surface area contributed by atoms with Crippen molar-refractivity contribution in [2.24, 2.45) is 0 Å². The van der Waals surface area contributed by atoms with Crippen molar-refractivity contribution in [1.29, 1.82) is 0 Å². The van der Waals surface area contributed by atoms with Gasteiger partial charge in [0, 0.05) is 12.8 Å². The lowest BCUT2D eigenvalue weighted by molar-refractivity contribution is -0.302. The van der Waals surface area contributed by atoms with Crippen LogP contribution >= 0.6 is 0 Å². The van der Waals surface area contributed by atoms with E-state index in [9.17, 15) is 35.1 Å². The molecule has 7 unspecified atom stereocenters. The van der Waals surface area contributed by atoms with Crippen molar-refractivity contribution >= 4 is 11.9 Å². The van der Waals surface area contributed by atoms with Crippen LogP contribution in [0.5, 0.6) is 0 Å². The van der Waals surface area contributed by atoms with Gasteiger partial charge in [-0.1, -0.05) is 331 Å². The molecule has 6 N–H and O–H groups in total. The van der Waals surface area contributed by atoms with Crippen LogP contribution in [0.2, 0.25) is 0 Å². The molecule has 92 heavy (non-hydrogen) atoms. The predicted molar refractivity (Wildman–Crippen MR) is 389 cm³/mol. The molecule has 11 nitrogen and oxygen atoms in total. The molecule has 0 spiro atoms. The zero-order valence-electron chi connectivity index (χ0n) is 60.0. The minimum absolute atomic E-state index is 0.00112. The van der Waals surface area contributed by atoms with Crippen molar-refractivity contribution in [3.63, 3.8) is 0 Å². The fourth-order valence-corrected chi connectivity index (χ4v) is 12.4. The van der Waals surface area contributed by atoms with Gasteiger partial charge in [-0.15, -0.1) is 0 Å². The van der Waals surface area contributed by atoms with Gasteiger partial charge < -0.3 is 45.1 Å². The summed E-state index contributed by atoms with van der Waals surface area (Å²) in [6, 6.07) is -0.807. The highest BCUT2D eigenvalue weighted by Gasteiger charge is 2.44. The van der Waals surface area contributed by atoms with Crippen LogP contribution in [0, 0.1) is 0 Å². The Morgan fingerprint density at radius 1 is 0.402 bits per heavy atom. The first kappa shape index (κ1) is 87.4. The number of unbranched alkanes of at least 4 members (excludes halogenated alkanes) is 48. The number of hydrogen-bond donors (Lipinski definition) is 6. The maximum Gasteiger partial charge on any atom is 0.305 e. The molecule has 1 aliphatic rings. The monoisotopic (exact) mass is 1300 g/mol. The third-order valence-electron chi connectivity index (χ3n) is 18.6. The molecule has 1 rings (SSSR count). The number of esters is 1. The number of carbonyl (C=O) groups is 2. The van der Waals surface area contributed by atoms with Crippen molar-refractivity contribution in [2.75, 3.05) is 19.8 Å². The summed E-state index contributed by atoms with van der Waals surface area (Å²) in [5, 5.41) is 54.3. The smallest absolute Gasteiger partial charge is 0.305 e. The molecule has 7 atom stereocenters. The second kappa shape index (κ2) is 69.7. The summed E-state index contributed by atoms with van der Waals surface area (Å²) < 4.78 is 16.7. The van der Waals surface area contributed by atoms with Gasteiger partial charge in [-0.3, -0.25) is 9.59 Å². The number of ether oxygens (including phenoxy) is 3. The highest BCUT2D eigenvalue weighted by Crippen LogP contribution is 2.24. The first-order valence-electron chi connectivity index (χ1n) is 39.6. The lowest BCUT2D eigenvalue weighted by Crippen LogP contribution is -2.60. The number of rotatable bonds is 70. The molecule has 0 radical (unpaired) electrons. The van der Waals surface area contributed by atoms with Gasteiger partial charge in [-0.2, -0.15) is 0 Å². The summed E-state index contributed by atoms with van der Waals surface area (Å²) in [5.41, 5.74) is 0. The molecule has 0 saturated carbocycles. The highest BCUT2D eigenvalue weighted by atomic mass is 16.7. The molecule has 0 aliphatic carbocycles. The molecule has 0 aromatic heterocycles. The molecule has 11 heteroatoms. The molecule has 1 saturated heterocycles.